The van der Waals surface area contributed by atoms with Gasteiger partial charge in [0.05, 0.1) is 37.9 Å². The van der Waals surface area contributed by atoms with E-state index in [0.717, 1.165) is 0 Å². The van der Waals surface area contributed by atoms with Crippen LogP contribution >= 0.6 is 11.6 Å². The number of nitrogen functional groups attached to an aromatic ring is 1. The Bertz CT molecular complexity index is 1310. The summed E-state index contributed by atoms with van der Waals surface area (Å²) in [6, 6.07) is 3.64. The lowest BCUT2D eigenvalue weighted by Crippen LogP contribution is -2.36. The lowest BCUT2D eigenvalue weighted by molar-refractivity contribution is 0.0589. The maximum absolute atomic E-state index is 14.2. The second kappa shape index (κ2) is 11.2. The molecule has 37 heavy (non-hydrogen) atoms. The summed E-state index contributed by atoms with van der Waals surface area (Å²) < 4.78 is 31.4. The molecule has 3 N–H and O–H groups in total. The fraction of sp³-hybridized carbons (Fsp3) is 0.417. The van der Waals surface area contributed by atoms with Crippen LogP contribution in [-0.4, -0.2) is 59.0 Å². The summed E-state index contributed by atoms with van der Waals surface area (Å²) in [6.45, 7) is 7.02. The van der Waals surface area contributed by atoms with Crippen molar-refractivity contribution in [3.8, 4) is 5.75 Å². The molecule has 0 saturated carbocycles. The molecule has 11 nitrogen and oxygen atoms in total. The third kappa shape index (κ3) is 6.77. The van der Waals surface area contributed by atoms with Crippen LogP contribution in [0.4, 0.5) is 20.6 Å². The number of ether oxygens (including phenoxy) is 3. The van der Waals surface area contributed by atoms with Gasteiger partial charge in [0.2, 0.25) is 0 Å². The molecular weight excluding hydrogens is 507 g/mol. The van der Waals surface area contributed by atoms with Crippen molar-refractivity contribution in [1.82, 2.24) is 19.9 Å². The highest BCUT2D eigenvalue weighted by atomic mass is 35.5. The molecule has 0 fully saturated rings. The van der Waals surface area contributed by atoms with Crippen LogP contribution in [0.25, 0.3) is 5.65 Å². The van der Waals surface area contributed by atoms with Crippen LogP contribution in [0.2, 0.25) is 5.15 Å². The van der Waals surface area contributed by atoms with E-state index in [-0.39, 0.29) is 41.0 Å². The lowest BCUT2D eigenvalue weighted by atomic mass is 10.2. The van der Waals surface area contributed by atoms with Gasteiger partial charge in [0.25, 0.3) is 5.91 Å². The second-order valence-electron chi connectivity index (χ2n) is 9.35. The average Bonchev–Trinajstić information content (AvgIpc) is 3.22. The summed E-state index contributed by atoms with van der Waals surface area (Å²) in [5.74, 6) is -0.767. The van der Waals surface area contributed by atoms with Crippen LogP contribution in [0, 0.1) is 5.82 Å². The number of carbonyl (C=O) groups is 2. The number of amides is 2. The first-order valence-electron chi connectivity index (χ1n) is 11.3. The van der Waals surface area contributed by atoms with Crippen molar-refractivity contribution in [3.63, 3.8) is 0 Å². The van der Waals surface area contributed by atoms with Crippen LogP contribution in [0.15, 0.2) is 24.4 Å². The number of nitrogens with one attached hydrogen (secondary N) is 1. The highest BCUT2D eigenvalue weighted by Crippen LogP contribution is 2.26. The number of nitrogens with two attached hydrogens (primary N) is 1. The van der Waals surface area contributed by atoms with Crippen molar-refractivity contribution < 1.29 is 28.2 Å². The third-order valence-electron chi connectivity index (χ3n) is 5.08. The molecule has 2 aromatic heterocycles. The molecule has 0 radical (unpaired) electrons. The average molecular weight is 537 g/mol. The van der Waals surface area contributed by atoms with Crippen molar-refractivity contribution in [2.24, 2.45) is 0 Å². The van der Waals surface area contributed by atoms with Gasteiger partial charge in [-0.3, -0.25) is 9.69 Å². The van der Waals surface area contributed by atoms with E-state index in [1.807, 2.05) is 0 Å². The van der Waals surface area contributed by atoms with E-state index < -0.39 is 29.5 Å². The Hall–Kier alpha value is -3.64. The second-order valence-corrected chi connectivity index (χ2v) is 9.73. The molecule has 2 amide bonds. The Morgan fingerprint density at radius 2 is 2.00 bits per heavy atom. The SMILES string of the molecule is COc1cc(F)c(COC[C@@H](C)NC(=O)c2cnc3c(N(C)C(=O)OC(C)(C)C)cc(Cl)nn23)cc1N. The lowest BCUT2D eigenvalue weighted by Gasteiger charge is -2.24. The first-order valence-corrected chi connectivity index (χ1v) is 11.7. The van der Waals surface area contributed by atoms with Crippen molar-refractivity contribution in [2.75, 3.05) is 31.4 Å². The van der Waals surface area contributed by atoms with Crippen LogP contribution < -0.4 is 20.7 Å². The van der Waals surface area contributed by atoms with Crippen molar-refractivity contribution >= 4 is 40.6 Å². The van der Waals surface area contributed by atoms with Gasteiger partial charge < -0.3 is 25.3 Å². The summed E-state index contributed by atoms with van der Waals surface area (Å²) in [4.78, 5) is 31.0. The van der Waals surface area contributed by atoms with Gasteiger partial charge in [-0.05, 0) is 33.8 Å². The van der Waals surface area contributed by atoms with E-state index in [0.29, 0.717) is 11.4 Å². The molecule has 0 bridgehead atoms. The van der Waals surface area contributed by atoms with E-state index in [1.54, 1.807) is 27.7 Å². The predicted octanol–water partition coefficient (Wildman–Crippen LogP) is 3.82. The molecule has 1 atom stereocenters. The first-order chi connectivity index (χ1) is 17.3. The number of anilines is 2. The predicted molar refractivity (Wildman–Crippen MR) is 137 cm³/mol. The van der Waals surface area contributed by atoms with Crippen molar-refractivity contribution in [1.29, 1.82) is 0 Å². The van der Waals surface area contributed by atoms with Gasteiger partial charge in [0.15, 0.2) is 16.5 Å². The maximum atomic E-state index is 14.2. The topological polar surface area (TPSA) is 133 Å². The molecule has 2 heterocycles. The van der Waals surface area contributed by atoms with Crippen molar-refractivity contribution in [2.45, 2.75) is 45.9 Å². The normalized spacial score (nSPS) is 12.3. The third-order valence-corrected chi connectivity index (χ3v) is 5.27. The molecule has 0 aliphatic carbocycles. The number of rotatable bonds is 8. The van der Waals surface area contributed by atoms with Gasteiger partial charge in [-0.2, -0.15) is 5.10 Å². The quantitative estimate of drug-likeness (QED) is 0.415. The Balaban J connectivity index is 1.69. The van der Waals surface area contributed by atoms with Gasteiger partial charge in [0.1, 0.15) is 17.2 Å². The number of carbonyl (C=O) groups excluding carboxylic acids is 2. The highest BCUT2D eigenvalue weighted by molar-refractivity contribution is 6.29. The zero-order valence-electron chi connectivity index (χ0n) is 21.5. The molecule has 0 aliphatic rings. The largest absolute Gasteiger partial charge is 0.494 e. The zero-order chi connectivity index (χ0) is 27.5. The minimum atomic E-state index is -0.705. The smallest absolute Gasteiger partial charge is 0.414 e. The van der Waals surface area contributed by atoms with Gasteiger partial charge in [0, 0.05) is 30.8 Å². The van der Waals surface area contributed by atoms with Crippen LogP contribution in [-0.2, 0) is 16.1 Å². The number of methoxy groups -OCH3 is 1. The summed E-state index contributed by atoms with van der Waals surface area (Å²) >= 11 is 6.18. The molecule has 1 aromatic carbocycles. The Morgan fingerprint density at radius 1 is 1.30 bits per heavy atom. The number of halogens is 2. The number of aromatic nitrogens is 3. The fourth-order valence-corrected chi connectivity index (χ4v) is 3.52. The molecule has 13 heteroatoms. The summed E-state index contributed by atoms with van der Waals surface area (Å²) in [5.41, 5.74) is 6.31. The molecule has 3 aromatic rings. The Kier molecular flexibility index (Phi) is 8.44. The summed E-state index contributed by atoms with van der Waals surface area (Å²) in [7, 11) is 2.91. The van der Waals surface area contributed by atoms with Gasteiger partial charge in [-0.25, -0.2) is 18.7 Å². The molecular formula is C24H30ClFN6O5. The Labute approximate surface area is 218 Å². The van der Waals surface area contributed by atoms with Crippen molar-refractivity contribution in [3.05, 3.63) is 46.6 Å². The maximum Gasteiger partial charge on any atom is 0.414 e. The number of imidazole rings is 1. The number of benzene rings is 1. The first kappa shape index (κ1) is 27.9. The minimum Gasteiger partial charge on any atom is -0.494 e. The van der Waals surface area contributed by atoms with E-state index >= 15 is 0 Å². The highest BCUT2D eigenvalue weighted by Gasteiger charge is 2.25. The standard InChI is InChI=1S/C24H30ClFN6O5/c1-13(11-36-12-14-7-16(27)19(35-6)8-15(14)26)29-22(33)18-10-28-21-17(9-20(25)30-32(18)21)31(5)23(34)37-24(2,3)4/h7-10,13H,11-12,27H2,1-6H3,(H,29,33)/t13-/m1/s1. The van der Waals surface area contributed by atoms with Gasteiger partial charge in [-0.1, -0.05) is 11.6 Å². The molecule has 0 unspecified atom stereocenters. The van der Waals surface area contributed by atoms with E-state index in [4.69, 9.17) is 31.5 Å². The molecule has 0 spiro atoms. The van der Waals surface area contributed by atoms with Crippen LogP contribution in [0.5, 0.6) is 5.75 Å². The number of hydrogen-bond donors (Lipinski definition) is 2. The number of nitrogens with zero attached hydrogens (tertiary/aromatic N) is 4. The Morgan fingerprint density at radius 3 is 2.65 bits per heavy atom. The molecule has 200 valence electrons. The number of fused-ring (bicyclic) bond motifs is 1. The van der Waals surface area contributed by atoms with E-state index in [9.17, 15) is 14.0 Å². The number of hydrogen-bond acceptors (Lipinski definition) is 8. The zero-order valence-corrected chi connectivity index (χ0v) is 22.2. The molecule has 3 rings (SSSR count). The molecule has 0 aliphatic heterocycles. The monoisotopic (exact) mass is 536 g/mol. The van der Waals surface area contributed by atoms with Crippen LogP contribution in [0.3, 0.4) is 0 Å². The van der Waals surface area contributed by atoms with E-state index in [2.05, 4.69) is 15.4 Å². The van der Waals surface area contributed by atoms with E-state index in [1.165, 1.54) is 48.0 Å². The summed E-state index contributed by atoms with van der Waals surface area (Å²) in [5, 5.41) is 6.98. The van der Waals surface area contributed by atoms with Gasteiger partial charge in [-0.15, -0.1) is 0 Å². The summed E-state index contributed by atoms with van der Waals surface area (Å²) in [6.07, 6.45) is 0.704. The molecule has 0 saturated heterocycles. The van der Waals surface area contributed by atoms with Crippen LogP contribution in [0.1, 0.15) is 43.7 Å². The fourth-order valence-electron chi connectivity index (χ4n) is 3.35. The van der Waals surface area contributed by atoms with Gasteiger partial charge >= 0.3 is 6.09 Å². The minimum absolute atomic E-state index is 0.0436.